The van der Waals surface area contributed by atoms with Gasteiger partial charge in [0.2, 0.25) is 0 Å². The van der Waals surface area contributed by atoms with Crippen molar-refractivity contribution in [2.75, 3.05) is 0 Å². The second-order valence-corrected chi connectivity index (χ2v) is 1.21. The Labute approximate surface area is 118 Å². The van der Waals surface area contributed by atoms with Gasteiger partial charge in [0.05, 0.1) is 0 Å². The van der Waals surface area contributed by atoms with Crippen LogP contribution in [0.25, 0.3) is 0 Å². The second-order valence-electron chi connectivity index (χ2n) is 1.21. The molecule has 0 aromatic carbocycles. The topological polar surface area (TPSA) is 417 Å². The van der Waals surface area contributed by atoms with Gasteiger partial charge in [0.1, 0.15) is 0 Å². The molecule has 0 aromatic heterocycles. The SMILES string of the molecule is O.O.O.O.O.O.O.O.O.O.O=BOB(O)OB(O)OB=O. The summed E-state index contributed by atoms with van der Waals surface area (Å²) in [5.41, 5.74) is 0. The first-order valence-electron chi connectivity index (χ1n) is 2.40. The second kappa shape index (κ2) is 61.7. The van der Waals surface area contributed by atoms with Gasteiger partial charge in [-0.05, 0) is 0 Å². The maximum atomic E-state index is 9.50. The summed E-state index contributed by atoms with van der Waals surface area (Å²) in [6, 6.07) is 0. The summed E-state index contributed by atoms with van der Waals surface area (Å²) in [7, 11) is -4.11. The first-order valence-corrected chi connectivity index (χ1v) is 2.40. The normalized spacial score (nSPS) is 3.90. The standard InChI is InChI=1S/B4H2O7.10H2O/c5-1-9-3(7)11-4(8)10-2-6;;;;;;;;;;/h7-8H;10*1H2. The van der Waals surface area contributed by atoms with Crippen molar-refractivity contribution in [2.24, 2.45) is 0 Å². The fraction of sp³-hybridized carbons (Fsp3) is 0. The molecule has 0 saturated carbocycles. The van der Waals surface area contributed by atoms with E-state index in [-0.39, 0.29) is 69.5 Å². The Balaban J connectivity index is -0.0000000111. The van der Waals surface area contributed by atoms with E-state index >= 15 is 0 Å². The molecule has 0 radical (unpaired) electrons. The first-order chi connectivity index (χ1) is 5.20. The molecule has 0 rings (SSSR count). The van der Waals surface area contributed by atoms with Crippen LogP contribution in [-0.4, -0.2) is 94.2 Å². The van der Waals surface area contributed by atoms with E-state index in [1.807, 2.05) is 0 Å². The molecule has 0 unspecified atom stereocenters. The predicted molar refractivity (Wildman–Crippen MR) is 68.2 cm³/mol. The minimum atomic E-state index is -1.96. The van der Waals surface area contributed by atoms with Gasteiger partial charge in [-0.1, -0.05) is 0 Å². The number of hydrogen-bond acceptors (Lipinski definition) is 7. The number of hydrogen-bond donors (Lipinski definition) is 2. The summed E-state index contributed by atoms with van der Waals surface area (Å²) in [6.45, 7) is 0. The summed E-state index contributed by atoms with van der Waals surface area (Å²) >= 11 is 0. The molecule has 0 aromatic rings. The molecule has 0 spiro atoms. The van der Waals surface area contributed by atoms with Crippen LogP contribution in [-0.2, 0) is 23.1 Å². The average molecular weight is 337 g/mol. The van der Waals surface area contributed by atoms with Crippen molar-refractivity contribution >= 4 is 29.3 Å². The van der Waals surface area contributed by atoms with Crippen molar-refractivity contribution in [2.45, 2.75) is 0 Å². The Hall–Kier alpha value is -1.06. The van der Waals surface area contributed by atoms with Gasteiger partial charge in [0.25, 0.3) is 0 Å². The van der Waals surface area contributed by atoms with Crippen LogP contribution in [0.1, 0.15) is 0 Å². The van der Waals surface area contributed by atoms with E-state index in [2.05, 4.69) is 13.7 Å². The van der Waals surface area contributed by atoms with Gasteiger partial charge in [0.15, 0.2) is 0 Å². The van der Waals surface area contributed by atoms with Crippen LogP contribution in [0.15, 0.2) is 0 Å². The Kier molecular flexibility index (Phi) is 263. The third kappa shape index (κ3) is 68.0. The van der Waals surface area contributed by atoms with Gasteiger partial charge in [-0.25, -0.2) is 0 Å². The Morgan fingerprint density at radius 3 is 0.905 bits per heavy atom. The molecule has 17 nitrogen and oxygen atoms in total. The summed E-state index contributed by atoms with van der Waals surface area (Å²) in [4.78, 5) is 0. The summed E-state index contributed by atoms with van der Waals surface area (Å²) in [6.07, 6.45) is 0. The van der Waals surface area contributed by atoms with Gasteiger partial charge in [0, 0.05) is 0 Å². The molecular formula is H22B4O17. The van der Waals surface area contributed by atoms with E-state index in [4.69, 9.17) is 10.0 Å². The van der Waals surface area contributed by atoms with Crippen molar-refractivity contribution in [3.05, 3.63) is 0 Å². The van der Waals surface area contributed by atoms with Gasteiger partial charge in [-0.2, -0.15) is 0 Å². The molecule has 22 N–H and O–H groups in total. The monoisotopic (exact) mass is 338 g/mol. The average Bonchev–Trinajstić information content (AvgIpc) is 1.87. The predicted octanol–water partition coefficient (Wildman–Crippen LogP) is -11.3. The third-order valence-electron chi connectivity index (χ3n) is 0.577. The summed E-state index contributed by atoms with van der Waals surface area (Å²) in [5, 5.41) is 16.8. The molecule has 136 valence electrons. The molecule has 0 aliphatic heterocycles. The number of rotatable bonds is 6. The molecule has 21 heavy (non-hydrogen) atoms. The molecule has 0 aliphatic rings. The van der Waals surface area contributed by atoms with Gasteiger partial charge < -0.3 is 54.8 Å². The van der Waals surface area contributed by atoms with Crippen LogP contribution in [0.5, 0.6) is 0 Å². The zero-order chi connectivity index (χ0) is 8.69. The van der Waals surface area contributed by atoms with Crippen LogP contribution in [0, 0.1) is 0 Å². The molecular weight excluding hydrogens is 315 g/mol. The third-order valence-corrected chi connectivity index (χ3v) is 0.577. The van der Waals surface area contributed by atoms with Crippen LogP contribution < -0.4 is 0 Å². The maximum absolute atomic E-state index is 9.50. The quantitative estimate of drug-likeness (QED) is 0.439. The van der Waals surface area contributed by atoms with E-state index in [9.17, 15) is 9.41 Å². The molecule has 21 heteroatoms. The van der Waals surface area contributed by atoms with E-state index < -0.39 is 14.6 Å². The van der Waals surface area contributed by atoms with E-state index in [0.717, 1.165) is 0 Å². The molecule has 0 saturated heterocycles. The van der Waals surface area contributed by atoms with Crippen molar-refractivity contribution in [1.29, 1.82) is 0 Å². The van der Waals surface area contributed by atoms with E-state index in [1.54, 1.807) is 0 Å². The van der Waals surface area contributed by atoms with Crippen molar-refractivity contribution < 1.29 is 87.9 Å². The van der Waals surface area contributed by atoms with Crippen LogP contribution in [0.2, 0.25) is 0 Å². The zero-order valence-corrected chi connectivity index (χ0v) is 10.2. The van der Waals surface area contributed by atoms with Crippen molar-refractivity contribution in [3.8, 4) is 0 Å². The van der Waals surface area contributed by atoms with Gasteiger partial charge in [-0.3, -0.25) is 0 Å². The molecule has 0 heterocycles. The fourth-order valence-electron chi connectivity index (χ4n) is 0.259. The fourth-order valence-corrected chi connectivity index (χ4v) is 0.259. The Bertz CT molecular complexity index is 114. The Morgan fingerprint density at radius 1 is 0.571 bits per heavy atom. The Morgan fingerprint density at radius 2 is 0.762 bits per heavy atom. The minimum absolute atomic E-state index is 0. The van der Waals surface area contributed by atoms with Gasteiger partial charge >= 0.3 is 62.5 Å². The van der Waals surface area contributed by atoms with Crippen LogP contribution in [0.4, 0.5) is 0 Å². The first kappa shape index (κ1) is 89.5. The van der Waals surface area contributed by atoms with Crippen molar-refractivity contribution in [3.63, 3.8) is 0 Å². The van der Waals surface area contributed by atoms with Crippen LogP contribution in [0.3, 0.4) is 0 Å². The van der Waals surface area contributed by atoms with Gasteiger partial charge in [-0.15, -0.1) is 0 Å². The van der Waals surface area contributed by atoms with Crippen molar-refractivity contribution in [1.82, 2.24) is 0 Å². The molecule has 0 fully saturated rings. The summed E-state index contributed by atoms with van der Waals surface area (Å²) in [5.74, 6) is 0. The summed E-state index contributed by atoms with van der Waals surface area (Å²) < 4.78 is 30.4. The zero-order valence-electron chi connectivity index (χ0n) is 10.2. The van der Waals surface area contributed by atoms with E-state index in [1.165, 1.54) is 0 Å². The molecule has 0 atom stereocenters. The molecule has 0 aliphatic carbocycles. The molecule has 0 amide bonds. The van der Waals surface area contributed by atoms with E-state index in [0.29, 0.717) is 0 Å². The van der Waals surface area contributed by atoms with Crippen LogP contribution >= 0.6 is 0 Å². The molecule has 0 bridgehead atoms.